The minimum absolute atomic E-state index is 0.000107. The molecule has 6 nitrogen and oxygen atoms in total. The summed E-state index contributed by atoms with van der Waals surface area (Å²) in [5, 5.41) is 10.5. The number of carbonyl (C=O) groups excluding carboxylic acids is 2. The number of benzene rings is 1. The second-order valence-corrected chi connectivity index (χ2v) is 6.54. The summed E-state index contributed by atoms with van der Waals surface area (Å²) in [6.45, 7) is 0.775. The summed E-state index contributed by atoms with van der Waals surface area (Å²) >= 11 is 0. The van der Waals surface area contributed by atoms with E-state index >= 15 is 0 Å². The highest BCUT2D eigenvalue weighted by molar-refractivity contribution is 6.11. The number of aliphatic hydroxyl groups excluding tert-OH is 1. The molecule has 1 amide bonds. The van der Waals surface area contributed by atoms with Crippen LogP contribution in [-0.4, -0.2) is 40.6 Å². The van der Waals surface area contributed by atoms with Crippen molar-refractivity contribution in [3.63, 3.8) is 0 Å². The van der Waals surface area contributed by atoms with Gasteiger partial charge < -0.3 is 19.5 Å². The van der Waals surface area contributed by atoms with Gasteiger partial charge >= 0.3 is 0 Å². The Labute approximate surface area is 132 Å². The van der Waals surface area contributed by atoms with Gasteiger partial charge in [-0.05, 0) is 36.1 Å². The van der Waals surface area contributed by atoms with Crippen LogP contribution in [0.3, 0.4) is 0 Å². The Morgan fingerprint density at radius 3 is 2.78 bits per heavy atom. The Kier molecular flexibility index (Phi) is 2.30. The normalized spacial score (nSPS) is 27.9. The molecule has 4 aliphatic rings. The third-order valence-electron chi connectivity index (χ3n) is 5.42. The van der Waals surface area contributed by atoms with E-state index < -0.39 is 5.54 Å². The van der Waals surface area contributed by atoms with Gasteiger partial charge in [0.2, 0.25) is 12.7 Å². The molecule has 118 valence electrons. The van der Waals surface area contributed by atoms with E-state index in [1.54, 1.807) is 17.0 Å². The van der Waals surface area contributed by atoms with Crippen molar-refractivity contribution in [2.24, 2.45) is 0 Å². The van der Waals surface area contributed by atoms with Crippen LogP contribution in [0.15, 0.2) is 17.9 Å². The van der Waals surface area contributed by atoms with Gasteiger partial charge in [0.05, 0.1) is 12.0 Å². The lowest BCUT2D eigenvalue weighted by Gasteiger charge is -2.35. The van der Waals surface area contributed by atoms with Crippen LogP contribution >= 0.6 is 0 Å². The smallest absolute Gasteiger partial charge is 0.231 e. The average molecular weight is 313 g/mol. The molecule has 1 aromatic rings. The van der Waals surface area contributed by atoms with E-state index in [1.807, 2.05) is 0 Å². The molecule has 0 bridgehead atoms. The summed E-state index contributed by atoms with van der Waals surface area (Å²) in [4.78, 5) is 26.8. The number of ketones is 1. The lowest BCUT2D eigenvalue weighted by molar-refractivity contribution is -0.133. The number of rotatable bonds is 0. The number of carbonyl (C=O) groups is 2. The molecule has 3 heterocycles. The van der Waals surface area contributed by atoms with Gasteiger partial charge in [-0.15, -0.1) is 0 Å². The first-order valence-corrected chi connectivity index (χ1v) is 7.80. The number of aliphatic hydroxyl groups is 1. The maximum absolute atomic E-state index is 12.7. The number of ether oxygens (including phenoxy) is 2. The molecule has 1 N–H and O–H groups in total. The Morgan fingerprint density at radius 2 is 1.96 bits per heavy atom. The fourth-order valence-corrected chi connectivity index (χ4v) is 4.48. The third kappa shape index (κ3) is 1.48. The number of amides is 1. The summed E-state index contributed by atoms with van der Waals surface area (Å²) in [6, 6.07) is 3.60. The molecule has 0 aromatic heterocycles. The number of nitrogens with zero attached hydrogens (tertiary/aromatic N) is 1. The first-order valence-electron chi connectivity index (χ1n) is 7.80. The van der Waals surface area contributed by atoms with Crippen LogP contribution < -0.4 is 9.47 Å². The van der Waals surface area contributed by atoms with E-state index in [1.165, 1.54) is 0 Å². The number of Topliss-reactive ketones (excluding diaryl/α,β-unsaturated/α-hetero) is 1. The van der Waals surface area contributed by atoms with Crippen molar-refractivity contribution < 1.29 is 24.2 Å². The molecule has 1 aromatic carbocycles. The lowest BCUT2D eigenvalue weighted by atomic mass is 9.83. The van der Waals surface area contributed by atoms with Gasteiger partial charge in [-0.25, -0.2) is 0 Å². The van der Waals surface area contributed by atoms with Gasteiger partial charge in [0.15, 0.2) is 23.0 Å². The van der Waals surface area contributed by atoms with E-state index in [9.17, 15) is 14.7 Å². The molecule has 1 spiro atoms. The second-order valence-electron chi connectivity index (χ2n) is 6.54. The van der Waals surface area contributed by atoms with Gasteiger partial charge in [0, 0.05) is 18.5 Å². The monoisotopic (exact) mass is 313 g/mol. The highest BCUT2D eigenvalue weighted by Crippen LogP contribution is 2.53. The minimum atomic E-state index is -0.683. The topological polar surface area (TPSA) is 76.1 Å². The standard InChI is InChI=1S/C17H15NO5/c19-11-7-17-2-1-3-18(17)14(20)5-9-4-12-13(23-8-22-12)6-10(9)15(17)16(11)21/h4,6,21H,1-3,5,7-8H2/t17-/m0/s1. The van der Waals surface area contributed by atoms with Crippen molar-refractivity contribution in [3.8, 4) is 11.5 Å². The fraction of sp³-hybridized carbons (Fsp3) is 0.412. The molecule has 5 rings (SSSR count). The van der Waals surface area contributed by atoms with E-state index in [0.29, 0.717) is 30.0 Å². The maximum Gasteiger partial charge on any atom is 0.231 e. The van der Waals surface area contributed by atoms with Crippen molar-refractivity contribution in [2.45, 2.75) is 31.2 Å². The first kappa shape index (κ1) is 13.0. The average Bonchev–Trinajstić information content (AvgIpc) is 3.17. The van der Waals surface area contributed by atoms with Crippen LogP contribution in [0.25, 0.3) is 5.57 Å². The zero-order valence-electron chi connectivity index (χ0n) is 12.4. The van der Waals surface area contributed by atoms with Gasteiger partial charge in [-0.1, -0.05) is 0 Å². The molecule has 1 atom stereocenters. The quantitative estimate of drug-likeness (QED) is 0.787. The van der Waals surface area contributed by atoms with Gasteiger partial charge in [-0.3, -0.25) is 9.59 Å². The number of hydrogen-bond acceptors (Lipinski definition) is 5. The highest BCUT2D eigenvalue weighted by atomic mass is 16.7. The molecule has 1 saturated heterocycles. The van der Waals surface area contributed by atoms with Gasteiger partial charge in [0.25, 0.3) is 0 Å². The zero-order chi connectivity index (χ0) is 15.8. The number of hydrogen-bond donors (Lipinski definition) is 1. The summed E-state index contributed by atoms with van der Waals surface area (Å²) in [5.41, 5.74) is 1.44. The molecule has 0 saturated carbocycles. The van der Waals surface area contributed by atoms with Gasteiger partial charge in [0.1, 0.15) is 0 Å². The Bertz CT molecular complexity index is 811. The highest BCUT2D eigenvalue weighted by Gasteiger charge is 2.56. The van der Waals surface area contributed by atoms with Crippen molar-refractivity contribution in [2.75, 3.05) is 13.3 Å². The van der Waals surface area contributed by atoms with Crippen LogP contribution in [0.5, 0.6) is 11.5 Å². The molecule has 1 fully saturated rings. The minimum Gasteiger partial charge on any atom is -0.504 e. The number of allylic oxidation sites excluding steroid dienone is 1. The molecule has 6 heteroatoms. The Hall–Kier alpha value is -2.50. The largest absolute Gasteiger partial charge is 0.504 e. The first-order chi connectivity index (χ1) is 11.1. The summed E-state index contributed by atoms with van der Waals surface area (Å²) < 4.78 is 10.8. The fourth-order valence-electron chi connectivity index (χ4n) is 4.48. The van der Waals surface area contributed by atoms with Crippen LogP contribution in [0.4, 0.5) is 0 Å². The molecule has 0 unspecified atom stereocenters. The van der Waals surface area contributed by atoms with Crippen molar-refractivity contribution >= 4 is 17.3 Å². The van der Waals surface area contributed by atoms with Crippen LogP contribution in [0.2, 0.25) is 0 Å². The van der Waals surface area contributed by atoms with Crippen molar-refractivity contribution in [1.29, 1.82) is 0 Å². The molecule has 1 aliphatic carbocycles. The molecule has 23 heavy (non-hydrogen) atoms. The molecule has 0 radical (unpaired) electrons. The lowest BCUT2D eigenvalue weighted by Crippen LogP contribution is -2.46. The summed E-state index contributed by atoms with van der Waals surface area (Å²) in [7, 11) is 0. The SMILES string of the molecule is O=C1C[C@]23CCCN2C(=O)Cc2cc4c(cc2C3=C1O)OCO4. The van der Waals surface area contributed by atoms with Crippen molar-refractivity contribution in [1.82, 2.24) is 4.90 Å². The number of fused-ring (bicyclic) bond motifs is 3. The predicted molar refractivity (Wildman–Crippen MR) is 79.1 cm³/mol. The second kappa shape index (κ2) is 4.07. The Balaban J connectivity index is 1.82. The van der Waals surface area contributed by atoms with Gasteiger partial charge in [-0.2, -0.15) is 0 Å². The summed E-state index contributed by atoms with van der Waals surface area (Å²) in [6.07, 6.45) is 1.97. The zero-order valence-corrected chi connectivity index (χ0v) is 12.4. The van der Waals surface area contributed by atoms with Crippen molar-refractivity contribution in [3.05, 3.63) is 29.0 Å². The summed E-state index contributed by atoms with van der Waals surface area (Å²) in [5.74, 6) is 0.714. The van der Waals surface area contributed by atoms with E-state index in [2.05, 4.69) is 0 Å². The van der Waals surface area contributed by atoms with E-state index in [4.69, 9.17) is 9.47 Å². The van der Waals surface area contributed by atoms with Crippen LogP contribution in [-0.2, 0) is 16.0 Å². The molecular formula is C17H15NO5. The predicted octanol–water partition coefficient (Wildman–Crippen LogP) is 1.57. The Morgan fingerprint density at radius 1 is 1.17 bits per heavy atom. The molecule has 3 aliphatic heterocycles. The third-order valence-corrected chi connectivity index (χ3v) is 5.42. The molecular weight excluding hydrogens is 298 g/mol. The maximum atomic E-state index is 12.7. The van der Waals surface area contributed by atoms with E-state index in [0.717, 1.165) is 17.5 Å². The van der Waals surface area contributed by atoms with Crippen LogP contribution in [0.1, 0.15) is 30.4 Å². The van der Waals surface area contributed by atoms with E-state index in [-0.39, 0.29) is 37.1 Å². The van der Waals surface area contributed by atoms with Crippen LogP contribution in [0, 0.1) is 0 Å².